The van der Waals surface area contributed by atoms with Crippen LogP contribution in [-0.2, 0) is 27.2 Å². The number of para-hydroxylation sites is 1. The van der Waals surface area contributed by atoms with Crippen LogP contribution in [0.15, 0.2) is 60.8 Å². The van der Waals surface area contributed by atoms with E-state index in [4.69, 9.17) is 4.74 Å². The number of hydrogen-bond acceptors (Lipinski definition) is 4. The van der Waals surface area contributed by atoms with E-state index in [2.05, 4.69) is 15.6 Å². The fourth-order valence-electron chi connectivity index (χ4n) is 3.50. The Bertz CT molecular complexity index is 1120. The SMILES string of the molecule is CC(C)(C)OC(=O)NC(Cc1ccccc1)C(=O)NC(Cc1c[nH]c2ccccc12)C(=O)O. The number of ether oxygens (including phenoxy) is 1. The van der Waals surface area contributed by atoms with Crippen molar-refractivity contribution >= 4 is 28.9 Å². The minimum atomic E-state index is -1.17. The minimum absolute atomic E-state index is 0.0928. The summed E-state index contributed by atoms with van der Waals surface area (Å²) in [6.07, 6.45) is 1.27. The lowest BCUT2D eigenvalue weighted by atomic mass is 10.0. The first-order valence-electron chi connectivity index (χ1n) is 10.7. The number of fused-ring (bicyclic) bond motifs is 1. The fourth-order valence-corrected chi connectivity index (χ4v) is 3.50. The average Bonchev–Trinajstić information content (AvgIpc) is 3.15. The minimum Gasteiger partial charge on any atom is -0.480 e. The monoisotopic (exact) mass is 451 g/mol. The standard InChI is InChI=1S/C25H29N3O5/c1-25(2,3)33-24(32)28-20(13-16-9-5-4-6-10-16)22(29)27-21(23(30)31)14-17-15-26-19-12-8-7-11-18(17)19/h4-12,15,20-21,26H,13-14H2,1-3H3,(H,27,29)(H,28,32)(H,30,31). The van der Waals surface area contributed by atoms with Gasteiger partial charge >= 0.3 is 12.1 Å². The molecule has 3 rings (SSSR count). The van der Waals surface area contributed by atoms with Crippen molar-refractivity contribution in [3.63, 3.8) is 0 Å². The Morgan fingerprint density at radius 2 is 1.61 bits per heavy atom. The predicted octanol–water partition coefficient (Wildman–Crippen LogP) is 3.42. The van der Waals surface area contributed by atoms with Crippen molar-refractivity contribution in [3.05, 3.63) is 71.9 Å². The van der Waals surface area contributed by atoms with Crippen LogP contribution in [0.3, 0.4) is 0 Å². The first-order valence-corrected chi connectivity index (χ1v) is 10.7. The Morgan fingerprint density at radius 3 is 2.27 bits per heavy atom. The molecule has 2 unspecified atom stereocenters. The molecule has 33 heavy (non-hydrogen) atoms. The van der Waals surface area contributed by atoms with Gasteiger partial charge in [-0.3, -0.25) is 4.79 Å². The molecule has 8 heteroatoms. The van der Waals surface area contributed by atoms with Crippen molar-refractivity contribution in [1.29, 1.82) is 0 Å². The molecule has 0 saturated heterocycles. The van der Waals surface area contributed by atoms with Gasteiger partial charge in [0, 0.05) is 29.9 Å². The van der Waals surface area contributed by atoms with Crippen LogP contribution in [-0.4, -0.2) is 45.7 Å². The number of carboxylic acid groups (broad SMARTS) is 1. The van der Waals surface area contributed by atoms with E-state index < -0.39 is 35.7 Å². The van der Waals surface area contributed by atoms with E-state index in [1.165, 1.54) is 0 Å². The predicted molar refractivity (Wildman–Crippen MR) is 125 cm³/mol. The molecule has 0 spiro atoms. The number of nitrogens with one attached hydrogen (secondary N) is 3. The van der Waals surface area contributed by atoms with Gasteiger partial charge in [-0.2, -0.15) is 0 Å². The quantitative estimate of drug-likeness (QED) is 0.418. The molecule has 0 bridgehead atoms. The van der Waals surface area contributed by atoms with Gasteiger partial charge in [-0.05, 0) is 38.0 Å². The molecule has 1 aromatic heterocycles. The molecule has 0 radical (unpaired) electrons. The molecule has 0 saturated carbocycles. The summed E-state index contributed by atoms with van der Waals surface area (Å²) >= 11 is 0. The van der Waals surface area contributed by atoms with Gasteiger partial charge in [0.15, 0.2) is 0 Å². The molecule has 0 aliphatic carbocycles. The lowest BCUT2D eigenvalue weighted by molar-refractivity contribution is -0.142. The Morgan fingerprint density at radius 1 is 0.939 bits per heavy atom. The second-order valence-electron chi connectivity index (χ2n) is 8.85. The normalized spacial score (nSPS) is 13.2. The van der Waals surface area contributed by atoms with Crippen molar-refractivity contribution in [3.8, 4) is 0 Å². The molecule has 2 aromatic carbocycles. The molecule has 3 aromatic rings. The fraction of sp³-hybridized carbons (Fsp3) is 0.320. The number of hydrogen-bond donors (Lipinski definition) is 4. The molecule has 0 aliphatic rings. The molecule has 174 valence electrons. The van der Waals surface area contributed by atoms with Gasteiger partial charge < -0.3 is 25.5 Å². The Hall–Kier alpha value is -3.81. The summed E-state index contributed by atoms with van der Waals surface area (Å²) in [5.74, 6) is -1.76. The van der Waals surface area contributed by atoms with Gasteiger partial charge in [-0.1, -0.05) is 48.5 Å². The lowest BCUT2D eigenvalue weighted by Gasteiger charge is -2.24. The second kappa shape index (κ2) is 10.2. The van der Waals surface area contributed by atoms with Crippen LogP contribution in [0, 0.1) is 0 Å². The third kappa shape index (κ3) is 6.83. The zero-order chi connectivity index (χ0) is 24.0. The molecule has 1 heterocycles. The van der Waals surface area contributed by atoms with Crippen LogP contribution in [0.1, 0.15) is 31.9 Å². The van der Waals surface area contributed by atoms with Gasteiger partial charge in [0.05, 0.1) is 0 Å². The van der Waals surface area contributed by atoms with Gasteiger partial charge in [-0.15, -0.1) is 0 Å². The summed E-state index contributed by atoms with van der Waals surface area (Å²) in [5.41, 5.74) is 1.74. The smallest absolute Gasteiger partial charge is 0.408 e. The molecular formula is C25H29N3O5. The molecule has 0 fully saturated rings. The summed E-state index contributed by atoms with van der Waals surface area (Å²) in [6, 6.07) is 14.5. The number of carbonyl (C=O) groups is 3. The third-order valence-corrected chi connectivity index (χ3v) is 5.00. The van der Waals surface area contributed by atoms with Crippen molar-refractivity contribution in [2.75, 3.05) is 0 Å². The maximum Gasteiger partial charge on any atom is 0.408 e. The lowest BCUT2D eigenvalue weighted by Crippen LogP contribution is -2.53. The van der Waals surface area contributed by atoms with Crippen molar-refractivity contribution in [1.82, 2.24) is 15.6 Å². The first kappa shape index (κ1) is 23.8. The van der Waals surface area contributed by atoms with E-state index in [9.17, 15) is 19.5 Å². The number of aromatic amines is 1. The number of H-pyrrole nitrogens is 1. The van der Waals surface area contributed by atoms with E-state index in [1.54, 1.807) is 27.0 Å². The van der Waals surface area contributed by atoms with E-state index in [-0.39, 0.29) is 12.8 Å². The highest BCUT2D eigenvalue weighted by Gasteiger charge is 2.29. The number of carbonyl (C=O) groups excluding carboxylic acids is 2. The number of rotatable bonds is 8. The number of carboxylic acids is 1. The van der Waals surface area contributed by atoms with Crippen LogP contribution in [0.4, 0.5) is 4.79 Å². The van der Waals surface area contributed by atoms with E-state index in [0.717, 1.165) is 22.0 Å². The number of alkyl carbamates (subject to hydrolysis) is 1. The Labute approximate surface area is 192 Å². The molecule has 8 nitrogen and oxygen atoms in total. The highest BCUT2D eigenvalue weighted by atomic mass is 16.6. The van der Waals surface area contributed by atoms with Crippen LogP contribution in [0.5, 0.6) is 0 Å². The van der Waals surface area contributed by atoms with Crippen molar-refractivity contribution in [2.24, 2.45) is 0 Å². The average molecular weight is 452 g/mol. The highest BCUT2D eigenvalue weighted by molar-refractivity contribution is 5.90. The topological polar surface area (TPSA) is 121 Å². The van der Waals surface area contributed by atoms with Gasteiger partial charge in [-0.25, -0.2) is 9.59 Å². The van der Waals surface area contributed by atoms with E-state index in [0.29, 0.717) is 0 Å². The zero-order valence-corrected chi connectivity index (χ0v) is 18.9. The van der Waals surface area contributed by atoms with Crippen molar-refractivity contribution < 1.29 is 24.2 Å². The second-order valence-corrected chi connectivity index (χ2v) is 8.85. The zero-order valence-electron chi connectivity index (χ0n) is 18.9. The summed E-state index contributed by atoms with van der Waals surface area (Å²) in [4.78, 5) is 40.5. The maximum absolute atomic E-state index is 13.1. The van der Waals surface area contributed by atoms with Crippen LogP contribution < -0.4 is 10.6 Å². The first-order chi connectivity index (χ1) is 15.6. The van der Waals surface area contributed by atoms with Gasteiger partial charge in [0.1, 0.15) is 17.7 Å². The molecule has 2 amide bonds. The molecule has 0 aliphatic heterocycles. The summed E-state index contributed by atoms with van der Waals surface area (Å²) in [7, 11) is 0. The van der Waals surface area contributed by atoms with Gasteiger partial charge in [0.25, 0.3) is 0 Å². The maximum atomic E-state index is 13.1. The Kier molecular flexibility index (Phi) is 7.37. The molecule has 2 atom stereocenters. The highest BCUT2D eigenvalue weighted by Crippen LogP contribution is 2.19. The van der Waals surface area contributed by atoms with E-state index in [1.807, 2.05) is 54.6 Å². The third-order valence-electron chi connectivity index (χ3n) is 5.00. The number of amides is 2. The summed E-state index contributed by atoms with van der Waals surface area (Å²) in [5, 5.41) is 15.8. The molecule has 4 N–H and O–H groups in total. The van der Waals surface area contributed by atoms with E-state index >= 15 is 0 Å². The van der Waals surface area contributed by atoms with Crippen LogP contribution in [0.2, 0.25) is 0 Å². The summed E-state index contributed by atoms with van der Waals surface area (Å²) in [6.45, 7) is 5.17. The van der Waals surface area contributed by atoms with Crippen molar-refractivity contribution in [2.45, 2.75) is 51.3 Å². The molecular weight excluding hydrogens is 422 g/mol. The number of aliphatic carboxylic acids is 1. The largest absolute Gasteiger partial charge is 0.480 e. The summed E-state index contributed by atoms with van der Waals surface area (Å²) < 4.78 is 5.29. The van der Waals surface area contributed by atoms with Crippen LogP contribution >= 0.6 is 0 Å². The Balaban J connectivity index is 1.77. The number of aromatic nitrogens is 1. The number of benzene rings is 2. The van der Waals surface area contributed by atoms with Crippen LogP contribution in [0.25, 0.3) is 10.9 Å². The van der Waals surface area contributed by atoms with Gasteiger partial charge in [0.2, 0.25) is 5.91 Å².